The highest BCUT2D eigenvalue weighted by atomic mass is 32.3. The van der Waals surface area contributed by atoms with Crippen LogP contribution in [0.3, 0.4) is 0 Å². The van der Waals surface area contributed by atoms with Crippen molar-refractivity contribution in [1.82, 2.24) is 0 Å². The van der Waals surface area contributed by atoms with Crippen LogP contribution in [0.1, 0.15) is 125 Å². The van der Waals surface area contributed by atoms with Crippen LogP contribution in [0.25, 0.3) is 0 Å². The Bertz CT molecular complexity index is 5250. The molecule has 0 bridgehead atoms. The van der Waals surface area contributed by atoms with Crippen molar-refractivity contribution < 1.29 is 210 Å². The third-order valence-electron chi connectivity index (χ3n) is 17.9. The van der Waals surface area contributed by atoms with E-state index in [-0.39, 0.29) is 109 Å². The summed E-state index contributed by atoms with van der Waals surface area (Å²) in [6.07, 6.45) is -12.9. The molecule has 4 N–H and O–H groups in total. The Hall–Kier alpha value is -5.86. The molecule has 10 saturated heterocycles. The van der Waals surface area contributed by atoms with Gasteiger partial charge in [0.1, 0.15) is 27.7 Å². The van der Waals surface area contributed by atoms with Crippen molar-refractivity contribution in [2.24, 2.45) is 0 Å². The lowest BCUT2D eigenvalue weighted by Crippen LogP contribution is -2.65. The van der Waals surface area contributed by atoms with Gasteiger partial charge in [-0.25, -0.2) is 17.6 Å². The summed E-state index contributed by atoms with van der Waals surface area (Å²) in [4.78, 5) is 47.6. The standard InChI is InChI=1S/C15H20O8S2.C14H18O8S2.C14H14O8S2.C10H10O8S2.C3H2F4O3S.C2F4O3S.CH2F2/c16-14(12-2-1-8-22-24(12,18)19)10-3-5-11(6-4-10)15(17)13-7-9-23-25(13,20)21;2*15-13(11-5-7-21-23(11,17)18)9-1-2-10(4-3-9)14(16)12-6-8-22-24(12,19)20;11-7(9-3-5-17-19(9,13)14)1-2-8(12)10-4-6-18-20(10,15)16;4-1-2(5)3(6,7)10-11(2,8)9;3-1(4)2(5,6)10(7,8)9-1;2-1-3/h3-6,12-17H,1-2,7-9H2;1-4,11-16H,5-8H2;1-4,11-12H,5-8H2;9-10H,3-6H2;1H2;;1H2. The van der Waals surface area contributed by atoms with E-state index in [1.807, 2.05) is 11.8 Å². The third kappa shape index (κ3) is 22.2. The van der Waals surface area contributed by atoms with E-state index >= 15 is 0 Å². The van der Waals surface area contributed by atoms with Gasteiger partial charge in [-0.1, -0.05) is 72.8 Å². The molecule has 38 nitrogen and oxygen atoms in total. The maximum Gasteiger partial charge on any atom is 0.461 e. The number of alkyl halides is 10. The predicted octanol–water partition coefficient (Wildman–Crippen LogP) is 1.02. The maximum absolute atomic E-state index is 12.4. The summed E-state index contributed by atoms with van der Waals surface area (Å²) in [5.74, 6) is 0.579. The quantitative estimate of drug-likeness (QED) is 0.0542. The summed E-state index contributed by atoms with van der Waals surface area (Å²) in [5.41, 5.74) is 1.68. The fraction of sp³-hybridized carbons (Fsp3) is 0.593. The van der Waals surface area contributed by atoms with Crippen LogP contribution in [-0.2, 0) is 153 Å². The normalized spacial score (nSPS) is 30.5. The first-order chi connectivity index (χ1) is 53.8. The lowest BCUT2D eigenvalue weighted by Gasteiger charge is -2.37. The summed E-state index contributed by atoms with van der Waals surface area (Å²) in [5, 5.41) is 22.4. The van der Waals surface area contributed by atoms with Gasteiger partial charge in [-0.2, -0.15) is 119 Å². The van der Waals surface area contributed by atoms with Crippen molar-refractivity contribution in [3.8, 4) is 11.8 Å². The van der Waals surface area contributed by atoms with E-state index in [2.05, 4.69) is 37.6 Å². The van der Waals surface area contributed by atoms with Crippen molar-refractivity contribution in [2.75, 3.05) is 66.5 Å². The zero-order chi connectivity index (χ0) is 88.1. The van der Waals surface area contributed by atoms with Gasteiger partial charge in [-0.15, -0.1) is 0 Å². The molecule has 0 aliphatic carbocycles. The van der Waals surface area contributed by atoms with Gasteiger partial charge in [0.05, 0.1) is 77.3 Å². The Labute approximate surface area is 660 Å². The first kappa shape index (κ1) is 98.3. The van der Waals surface area contributed by atoms with Crippen LogP contribution in [0.5, 0.6) is 0 Å². The second kappa shape index (κ2) is 37.5. The summed E-state index contributed by atoms with van der Waals surface area (Å²) < 4.78 is 380. The Morgan fingerprint density at radius 2 is 0.581 bits per heavy atom. The van der Waals surface area contributed by atoms with Crippen LogP contribution in [-0.4, -0.2) is 259 Å². The van der Waals surface area contributed by atoms with Gasteiger partial charge in [-0.3, -0.25) is 52.6 Å². The molecule has 10 aliphatic rings. The molecule has 660 valence electrons. The minimum Gasteiger partial charge on any atom is -0.387 e. The van der Waals surface area contributed by atoms with E-state index in [0.29, 0.717) is 35.1 Å². The largest absolute Gasteiger partial charge is 0.461 e. The summed E-state index contributed by atoms with van der Waals surface area (Å²) in [7, 11) is -41.4. The van der Waals surface area contributed by atoms with Crippen LogP contribution < -0.4 is 0 Å². The fourth-order valence-corrected chi connectivity index (χ4v) is 23.6. The summed E-state index contributed by atoms with van der Waals surface area (Å²) in [6.45, 7) is -4.11. The molecular formula is C59H66F10O38S10. The second-order valence-corrected chi connectivity index (χ2v) is 43.1. The van der Waals surface area contributed by atoms with E-state index < -0.39 is 227 Å². The fourth-order valence-electron chi connectivity index (χ4n) is 11.5. The van der Waals surface area contributed by atoms with Crippen molar-refractivity contribution in [3.63, 3.8) is 0 Å². The number of aliphatic hydroxyl groups excluding tert-OH is 4. The third-order valence-corrected chi connectivity index (χ3v) is 34.2. The molecule has 117 heavy (non-hydrogen) atoms. The molecule has 13 unspecified atom stereocenters. The van der Waals surface area contributed by atoms with Crippen LogP contribution in [0.15, 0.2) is 72.8 Å². The van der Waals surface area contributed by atoms with Crippen LogP contribution in [0.2, 0.25) is 0 Å². The number of carbonyl (C=O) groups is 4. The molecule has 13 rings (SSSR count). The van der Waals surface area contributed by atoms with Gasteiger partial charge in [-0.05, 0) is 91.9 Å². The smallest absolute Gasteiger partial charge is 0.387 e. The topological polar surface area (TPSA) is 583 Å². The average Bonchev–Trinajstić information content (AvgIpc) is 1.23. The zero-order valence-electron chi connectivity index (χ0n) is 58.8. The number of benzene rings is 3. The molecule has 10 aliphatic heterocycles. The highest BCUT2D eigenvalue weighted by Gasteiger charge is 2.81. The molecule has 0 radical (unpaired) electrons. The molecule has 0 spiro atoms. The summed E-state index contributed by atoms with van der Waals surface area (Å²) >= 11 is 0. The number of ketones is 4. The molecule has 0 amide bonds. The Kier molecular flexibility index (Phi) is 31.5. The molecule has 10 fully saturated rings. The molecule has 13 atom stereocenters. The van der Waals surface area contributed by atoms with Crippen LogP contribution >= 0.6 is 0 Å². The number of hydrogen-bond acceptors (Lipinski definition) is 38. The lowest BCUT2D eigenvalue weighted by molar-refractivity contribution is -0.315. The van der Waals surface area contributed by atoms with Gasteiger partial charge in [0.25, 0.3) is 80.9 Å². The number of rotatable bonds is 15. The number of Topliss-reactive ketones (excluding diaryl/α,β-unsaturated/α-hetero) is 4. The number of halogens is 10. The Morgan fingerprint density at radius 1 is 0.342 bits per heavy atom. The van der Waals surface area contributed by atoms with Crippen molar-refractivity contribution >= 4 is 124 Å². The monoisotopic (exact) mass is 1890 g/mol. The molecule has 0 saturated carbocycles. The molecule has 3 aromatic carbocycles. The first-order valence-electron chi connectivity index (χ1n) is 33.0. The van der Waals surface area contributed by atoms with Gasteiger partial charge in [0, 0.05) is 11.1 Å². The molecule has 3 aromatic rings. The van der Waals surface area contributed by atoms with Crippen molar-refractivity contribution in [1.29, 1.82) is 0 Å². The first-order valence-corrected chi connectivity index (χ1v) is 47.5. The number of hydrogen-bond donors (Lipinski definition) is 4. The van der Waals surface area contributed by atoms with E-state index in [9.17, 15) is 168 Å². The average molecular weight is 1890 g/mol. The zero-order valence-corrected chi connectivity index (χ0v) is 67.0. The van der Waals surface area contributed by atoms with E-state index in [1.165, 1.54) is 72.8 Å². The van der Waals surface area contributed by atoms with E-state index in [4.69, 9.17) is 4.18 Å². The molecule has 0 aromatic heterocycles. The Morgan fingerprint density at radius 3 is 0.761 bits per heavy atom. The Balaban J connectivity index is 0.000000197. The van der Waals surface area contributed by atoms with Gasteiger partial charge in [0.15, 0.2) is 32.6 Å². The van der Waals surface area contributed by atoms with Gasteiger partial charge >= 0.3 is 42.7 Å². The van der Waals surface area contributed by atoms with Crippen LogP contribution in [0.4, 0.5) is 43.9 Å². The molecular weight excluding hydrogens is 1830 g/mol. The lowest BCUT2D eigenvalue weighted by atomic mass is 9.98. The van der Waals surface area contributed by atoms with E-state index in [0.717, 1.165) is 0 Å². The van der Waals surface area contributed by atoms with Crippen LogP contribution in [0, 0.1) is 11.8 Å². The minimum absolute atomic E-state index is 0.0329. The number of aliphatic hydroxyl groups is 4. The van der Waals surface area contributed by atoms with Gasteiger partial charge < -0.3 is 20.4 Å². The predicted molar refractivity (Wildman–Crippen MR) is 368 cm³/mol. The van der Waals surface area contributed by atoms with E-state index in [1.54, 1.807) is 0 Å². The molecule has 10 heterocycles. The SMILES string of the molecule is FCF.O=C(C#CC(=O)C1CCOS1(=O)=O)C1CCOS1(=O)=O.O=C(c1ccc(C(=O)C2CCOS2(=O)=O)cc1)C1CCOS1(=O)=O.O=S1(=O)OC(F)(F)C1(F)CF.O=S1(=O)OC(F)(F)C1(F)F.O=S1(=O)OCCC1C(O)c1ccc(C(O)C2CCOS2(=O)=O)cc1.O=S1(=O)OCCCC1C(O)c1ccc(C(O)C2CCOS2(=O)=O)cc1. The van der Waals surface area contributed by atoms with Crippen molar-refractivity contribution in [2.45, 2.75) is 147 Å². The highest BCUT2D eigenvalue weighted by molar-refractivity contribution is 7.91. The van der Waals surface area contributed by atoms with Gasteiger partial charge in [0.2, 0.25) is 18.5 Å². The number of carbonyl (C=O) groups excluding carboxylic acids is 4. The summed E-state index contributed by atoms with van der Waals surface area (Å²) in [6, 6.07) is 17.1. The second-order valence-electron chi connectivity index (χ2n) is 25.3. The highest BCUT2D eigenvalue weighted by Crippen LogP contribution is 2.52. The molecule has 58 heteroatoms. The van der Waals surface area contributed by atoms with Crippen molar-refractivity contribution in [3.05, 3.63) is 106 Å². The minimum atomic E-state index is -5.35. The maximum atomic E-state index is 12.4.